The molecular weight excluding hydrogens is 316 g/mol. The number of benzene rings is 1. The average Bonchev–Trinajstić information content (AvgIpc) is 2.63. The van der Waals surface area contributed by atoms with Crippen molar-refractivity contribution in [1.82, 2.24) is 10.3 Å². The summed E-state index contributed by atoms with van der Waals surface area (Å²) in [5.74, 6) is -0.337. The van der Waals surface area contributed by atoms with Crippen molar-refractivity contribution in [2.75, 3.05) is 6.61 Å². The maximum Gasteiger partial charge on any atom is 0.331 e. The number of pyridine rings is 1. The molecule has 0 aliphatic heterocycles. The van der Waals surface area contributed by atoms with E-state index >= 15 is 0 Å². The summed E-state index contributed by atoms with van der Waals surface area (Å²) in [4.78, 5) is 26.5. The molecular formula is C20H22N2O3. The van der Waals surface area contributed by atoms with Gasteiger partial charge >= 0.3 is 5.97 Å². The minimum atomic E-state index is -0.337. The van der Waals surface area contributed by atoms with Gasteiger partial charge in [0.15, 0.2) is 0 Å². The second kappa shape index (κ2) is 9.37. The van der Waals surface area contributed by atoms with E-state index in [4.69, 9.17) is 4.74 Å². The molecule has 25 heavy (non-hydrogen) atoms. The molecule has 1 aromatic carbocycles. The number of aromatic nitrogens is 1. The number of carbonyl (C=O) groups excluding carboxylic acids is 2. The van der Waals surface area contributed by atoms with Gasteiger partial charge in [-0.05, 0) is 48.6 Å². The van der Waals surface area contributed by atoms with Crippen molar-refractivity contribution in [3.05, 3.63) is 71.6 Å². The first-order valence-electron chi connectivity index (χ1n) is 8.18. The van der Waals surface area contributed by atoms with Gasteiger partial charge in [0.2, 0.25) is 6.41 Å². The standard InChI is InChI=1S/C20H22N2O3/c1-3-25-20(24)11-15(2)17-8-6-16(7-9-17)12-19(22-14-23)18-5-4-10-21-13-18/h4-11,13-14,19H,3,12H2,1-2H3,(H,22,23). The molecule has 1 aromatic heterocycles. The van der Waals surface area contributed by atoms with Crippen molar-refractivity contribution >= 4 is 18.0 Å². The van der Waals surface area contributed by atoms with Crippen LogP contribution in [0, 0.1) is 0 Å². The van der Waals surface area contributed by atoms with Gasteiger partial charge < -0.3 is 10.1 Å². The van der Waals surface area contributed by atoms with Crippen molar-refractivity contribution in [3.8, 4) is 0 Å². The lowest BCUT2D eigenvalue weighted by Crippen LogP contribution is -2.21. The number of hydrogen-bond acceptors (Lipinski definition) is 4. The molecule has 1 amide bonds. The summed E-state index contributed by atoms with van der Waals surface area (Å²) in [5.41, 5.74) is 3.84. The molecule has 130 valence electrons. The molecule has 1 atom stereocenters. The molecule has 5 heteroatoms. The van der Waals surface area contributed by atoms with Crippen LogP contribution in [0.1, 0.15) is 36.6 Å². The van der Waals surface area contributed by atoms with E-state index in [1.165, 1.54) is 6.08 Å². The molecule has 2 aromatic rings. The number of amides is 1. The zero-order valence-electron chi connectivity index (χ0n) is 14.4. The Morgan fingerprint density at radius 2 is 2.04 bits per heavy atom. The van der Waals surface area contributed by atoms with Crippen LogP contribution < -0.4 is 5.32 Å². The third-order valence-electron chi connectivity index (χ3n) is 3.83. The molecule has 0 radical (unpaired) electrons. The van der Waals surface area contributed by atoms with Gasteiger partial charge in [0.05, 0.1) is 12.6 Å². The van der Waals surface area contributed by atoms with Crippen LogP contribution in [0.15, 0.2) is 54.9 Å². The lowest BCUT2D eigenvalue weighted by atomic mass is 9.98. The van der Waals surface area contributed by atoms with Gasteiger partial charge in [-0.3, -0.25) is 9.78 Å². The zero-order valence-corrected chi connectivity index (χ0v) is 14.4. The molecule has 5 nitrogen and oxygen atoms in total. The van der Waals surface area contributed by atoms with Crippen molar-refractivity contribution in [1.29, 1.82) is 0 Å². The first-order chi connectivity index (χ1) is 12.1. The van der Waals surface area contributed by atoms with Crippen molar-refractivity contribution in [3.63, 3.8) is 0 Å². The number of nitrogens with zero attached hydrogens (tertiary/aromatic N) is 1. The first-order valence-corrected chi connectivity index (χ1v) is 8.18. The summed E-state index contributed by atoms with van der Waals surface area (Å²) in [7, 11) is 0. The maximum absolute atomic E-state index is 11.5. The predicted molar refractivity (Wildman–Crippen MR) is 96.6 cm³/mol. The van der Waals surface area contributed by atoms with E-state index in [0.29, 0.717) is 19.4 Å². The van der Waals surface area contributed by atoms with Crippen LogP contribution in [-0.4, -0.2) is 24.0 Å². The average molecular weight is 338 g/mol. The Bertz CT molecular complexity index is 724. The molecule has 1 unspecified atom stereocenters. The van der Waals surface area contributed by atoms with Crippen molar-refractivity contribution in [2.45, 2.75) is 26.3 Å². The normalized spacial score (nSPS) is 12.3. The highest BCUT2D eigenvalue weighted by Gasteiger charge is 2.11. The molecule has 1 N–H and O–H groups in total. The molecule has 2 rings (SSSR count). The van der Waals surface area contributed by atoms with E-state index in [1.807, 2.05) is 43.3 Å². The van der Waals surface area contributed by atoms with Crippen LogP contribution in [0.5, 0.6) is 0 Å². The maximum atomic E-state index is 11.5. The van der Waals surface area contributed by atoms with E-state index in [1.54, 1.807) is 19.3 Å². The molecule has 0 aliphatic rings. The number of esters is 1. The van der Waals surface area contributed by atoms with Crippen molar-refractivity contribution < 1.29 is 14.3 Å². The Morgan fingerprint density at radius 1 is 1.28 bits per heavy atom. The van der Waals surface area contributed by atoms with Gasteiger partial charge in [-0.1, -0.05) is 30.3 Å². The molecule has 0 saturated carbocycles. The highest BCUT2D eigenvalue weighted by molar-refractivity contribution is 5.90. The fourth-order valence-electron chi connectivity index (χ4n) is 2.52. The second-order valence-corrected chi connectivity index (χ2v) is 5.60. The van der Waals surface area contributed by atoms with Crippen LogP contribution in [0.3, 0.4) is 0 Å². The minimum absolute atomic E-state index is 0.131. The lowest BCUT2D eigenvalue weighted by Gasteiger charge is -2.16. The van der Waals surface area contributed by atoms with Crippen LogP contribution >= 0.6 is 0 Å². The molecule has 0 bridgehead atoms. The predicted octanol–water partition coefficient (Wildman–Crippen LogP) is 3.08. The van der Waals surface area contributed by atoms with E-state index < -0.39 is 0 Å². The highest BCUT2D eigenvalue weighted by atomic mass is 16.5. The zero-order chi connectivity index (χ0) is 18.1. The Morgan fingerprint density at radius 3 is 2.64 bits per heavy atom. The van der Waals surface area contributed by atoms with Crippen LogP contribution in [0.25, 0.3) is 5.57 Å². The molecule has 0 saturated heterocycles. The SMILES string of the molecule is CCOC(=O)C=C(C)c1ccc(CC(NC=O)c2cccnc2)cc1. The highest BCUT2D eigenvalue weighted by Crippen LogP contribution is 2.20. The van der Waals surface area contributed by atoms with Crippen LogP contribution in [0.2, 0.25) is 0 Å². The van der Waals surface area contributed by atoms with Gasteiger partial charge in [0.25, 0.3) is 0 Å². The summed E-state index contributed by atoms with van der Waals surface area (Å²) >= 11 is 0. The lowest BCUT2D eigenvalue weighted by molar-refractivity contribution is -0.137. The van der Waals surface area contributed by atoms with Crippen molar-refractivity contribution in [2.24, 2.45) is 0 Å². The van der Waals surface area contributed by atoms with E-state index in [0.717, 1.165) is 22.3 Å². The fraction of sp³-hybridized carbons (Fsp3) is 0.250. The molecule has 0 spiro atoms. The fourth-order valence-corrected chi connectivity index (χ4v) is 2.52. The Balaban J connectivity index is 2.10. The summed E-state index contributed by atoms with van der Waals surface area (Å²) < 4.78 is 4.92. The summed E-state index contributed by atoms with van der Waals surface area (Å²) in [6, 6.07) is 11.6. The Labute approximate surface area is 147 Å². The Kier molecular flexibility index (Phi) is 6.89. The Hall–Kier alpha value is -2.95. The van der Waals surface area contributed by atoms with Gasteiger partial charge in [0.1, 0.15) is 0 Å². The molecule has 0 fully saturated rings. The monoisotopic (exact) mass is 338 g/mol. The van der Waals surface area contributed by atoms with E-state index in [-0.39, 0.29) is 12.0 Å². The number of ether oxygens (including phenoxy) is 1. The van der Waals surface area contributed by atoms with E-state index in [2.05, 4.69) is 10.3 Å². The second-order valence-electron chi connectivity index (χ2n) is 5.60. The summed E-state index contributed by atoms with van der Waals surface area (Å²) in [6.07, 6.45) is 6.31. The molecule has 1 heterocycles. The van der Waals surface area contributed by atoms with Gasteiger partial charge in [-0.2, -0.15) is 0 Å². The third kappa shape index (κ3) is 5.57. The first kappa shape index (κ1) is 18.4. The number of allylic oxidation sites excluding steroid dienone is 1. The van der Waals surface area contributed by atoms with Crippen LogP contribution in [0.4, 0.5) is 0 Å². The summed E-state index contributed by atoms with van der Waals surface area (Å²) in [5, 5.41) is 2.83. The van der Waals surface area contributed by atoms with Gasteiger partial charge in [-0.15, -0.1) is 0 Å². The topological polar surface area (TPSA) is 68.3 Å². The number of hydrogen-bond donors (Lipinski definition) is 1. The quantitative estimate of drug-likeness (QED) is 0.456. The minimum Gasteiger partial charge on any atom is -0.463 e. The van der Waals surface area contributed by atoms with Crippen LogP contribution in [-0.2, 0) is 20.7 Å². The smallest absolute Gasteiger partial charge is 0.331 e. The molecule has 0 aliphatic carbocycles. The van der Waals surface area contributed by atoms with E-state index in [9.17, 15) is 9.59 Å². The number of rotatable bonds is 8. The number of carbonyl (C=O) groups is 2. The summed E-state index contributed by atoms with van der Waals surface area (Å²) in [6.45, 7) is 4.02. The largest absolute Gasteiger partial charge is 0.463 e. The number of nitrogens with one attached hydrogen (secondary N) is 1. The van der Waals surface area contributed by atoms with Gasteiger partial charge in [0, 0.05) is 18.5 Å². The third-order valence-corrected chi connectivity index (χ3v) is 3.83. The van der Waals surface area contributed by atoms with Gasteiger partial charge in [-0.25, -0.2) is 4.79 Å².